The molecule has 0 radical (unpaired) electrons. The van der Waals surface area contributed by atoms with Crippen LogP contribution in [0.1, 0.15) is 52.4 Å². The van der Waals surface area contributed by atoms with Gasteiger partial charge in [-0.05, 0) is 12.8 Å². The van der Waals surface area contributed by atoms with Gasteiger partial charge in [-0.3, -0.25) is 4.79 Å². The Bertz CT molecular complexity index is 157. The van der Waals surface area contributed by atoms with Gasteiger partial charge in [0.15, 0.2) is 0 Å². The van der Waals surface area contributed by atoms with E-state index in [2.05, 4.69) is 30.2 Å². The third-order valence-electron chi connectivity index (χ3n) is 1.71. The summed E-state index contributed by atoms with van der Waals surface area (Å²) in [7, 11) is 0. The molecule has 0 saturated heterocycles. The Kier molecular flexibility index (Phi) is 17.8. The van der Waals surface area contributed by atoms with E-state index >= 15 is 0 Å². The van der Waals surface area contributed by atoms with Crippen molar-refractivity contribution in [3.05, 3.63) is 12.8 Å². The van der Waals surface area contributed by atoms with Crippen molar-refractivity contribution in [1.82, 2.24) is 0 Å². The van der Waals surface area contributed by atoms with E-state index in [1.807, 2.05) is 0 Å². The molecule has 0 aromatic heterocycles. The Balaban J connectivity index is 0. The zero-order valence-corrected chi connectivity index (χ0v) is 10.4. The molecule has 0 aliphatic carbocycles. The molecule has 0 atom stereocenters. The Labute approximate surface area is 98.2 Å². The van der Waals surface area contributed by atoms with Gasteiger partial charge in [0.25, 0.3) is 0 Å². The summed E-state index contributed by atoms with van der Waals surface area (Å²) in [6.45, 7) is 8.12. The molecule has 96 valence electrons. The molecule has 0 rings (SSSR count). The second-order valence-electron chi connectivity index (χ2n) is 3.29. The van der Waals surface area contributed by atoms with E-state index in [9.17, 15) is 4.79 Å². The van der Waals surface area contributed by atoms with Gasteiger partial charge in [-0.2, -0.15) is 4.89 Å². The van der Waals surface area contributed by atoms with Gasteiger partial charge in [0.2, 0.25) is 0 Å². The fourth-order valence-corrected chi connectivity index (χ4v) is 0.826. The molecule has 0 aromatic rings. The summed E-state index contributed by atoms with van der Waals surface area (Å²) >= 11 is 0. The topological polar surface area (TPSA) is 55.8 Å². The largest absolute Gasteiger partial charge is 0.481 e. The van der Waals surface area contributed by atoms with E-state index in [1.54, 1.807) is 0 Å². The second kappa shape index (κ2) is 16.4. The molecule has 0 aromatic carbocycles. The number of carboxylic acids is 1. The van der Waals surface area contributed by atoms with Crippen molar-refractivity contribution < 1.29 is 19.7 Å². The number of carbonyl (C=O) groups is 1. The summed E-state index contributed by atoms with van der Waals surface area (Å²) in [6, 6.07) is 0. The average molecular weight is 232 g/mol. The molecule has 0 heterocycles. The first-order chi connectivity index (χ1) is 7.68. The van der Waals surface area contributed by atoms with Gasteiger partial charge in [0.05, 0.1) is 6.61 Å². The van der Waals surface area contributed by atoms with Gasteiger partial charge < -0.3 is 9.99 Å². The Morgan fingerprint density at radius 3 is 2.31 bits per heavy atom. The minimum Gasteiger partial charge on any atom is -0.481 e. The van der Waals surface area contributed by atoms with Crippen LogP contribution in [-0.4, -0.2) is 17.7 Å². The smallest absolute Gasteiger partial charge is 0.303 e. The Morgan fingerprint density at radius 2 is 1.88 bits per heavy atom. The lowest BCUT2D eigenvalue weighted by atomic mass is 10.2. The maximum Gasteiger partial charge on any atom is 0.303 e. The van der Waals surface area contributed by atoms with Crippen LogP contribution in [0.4, 0.5) is 0 Å². The van der Waals surface area contributed by atoms with Gasteiger partial charge in [0.1, 0.15) is 6.26 Å². The molecule has 0 aliphatic rings. The molecule has 16 heavy (non-hydrogen) atoms. The number of unbranched alkanes of at least 4 members (excludes halogenated alkanes) is 3. The molecule has 4 heteroatoms. The summed E-state index contributed by atoms with van der Waals surface area (Å²) in [5.74, 6) is -0.682. The molecule has 0 amide bonds. The first-order valence-electron chi connectivity index (χ1n) is 5.79. The Morgan fingerprint density at radius 1 is 1.25 bits per heavy atom. The second-order valence-corrected chi connectivity index (χ2v) is 3.29. The van der Waals surface area contributed by atoms with Crippen molar-refractivity contribution in [2.75, 3.05) is 6.61 Å². The highest BCUT2D eigenvalue weighted by Gasteiger charge is 1.92. The van der Waals surface area contributed by atoms with Crippen LogP contribution in [-0.2, 0) is 14.6 Å². The van der Waals surface area contributed by atoms with E-state index < -0.39 is 5.97 Å². The van der Waals surface area contributed by atoms with Crippen molar-refractivity contribution in [3.63, 3.8) is 0 Å². The minimum absolute atomic E-state index is 0.327. The van der Waals surface area contributed by atoms with E-state index in [0.29, 0.717) is 13.0 Å². The molecule has 0 saturated carbocycles. The lowest BCUT2D eigenvalue weighted by molar-refractivity contribution is -0.248. The molecule has 0 unspecified atom stereocenters. The summed E-state index contributed by atoms with van der Waals surface area (Å²) in [6.07, 6.45) is 6.71. The number of aliphatic carboxylic acids is 1. The number of carboxylic acid groups (broad SMARTS) is 1. The average Bonchev–Trinajstić information content (AvgIpc) is 2.25. The lowest BCUT2D eigenvalue weighted by Gasteiger charge is -1.95. The molecule has 0 spiro atoms. The maximum atomic E-state index is 9.87. The minimum atomic E-state index is -0.682. The van der Waals surface area contributed by atoms with Crippen molar-refractivity contribution in [3.8, 4) is 0 Å². The molecule has 0 fully saturated rings. The van der Waals surface area contributed by atoms with Crippen LogP contribution < -0.4 is 0 Å². The number of hydrogen-bond acceptors (Lipinski definition) is 3. The summed E-state index contributed by atoms with van der Waals surface area (Å²) in [5.41, 5.74) is 0. The van der Waals surface area contributed by atoms with E-state index in [1.165, 1.54) is 6.26 Å². The SMILES string of the molecule is C=COOCCCC.CCCCCC(=O)O. The fourth-order valence-electron chi connectivity index (χ4n) is 0.826. The van der Waals surface area contributed by atoms with Crippen LogP contribution in [0.2, 0.25) is 0 Å². The lowest BCUT2D eigenvalue weighted by Crippen LogP contribution is -1.92. The van der Waals surface area contributed by atoms with Crippen LogP contribution in [0.15, 0.2) is 12.8 Å². The molecule has 0 bridgehead atoms. The highest BCUT2D eigenvalue weighted by Crippen LogP contribution is 1.97. The van der Waals surface area contributed by atoms with E-state index in [4.69, 9.17) is 5.11 Å². The van der Waals surface area contributed by atoms with Crippen LogP contribution in [0, 0.1) is 0 Å². The summed E-state index contributed by atoms with van der Waals surface area (Å²) in [5, 5.41) is 8.14. The van der Waals surface area contributed by atoms with E-state index in [0.717, 1.165) is 32.1 Å². The first kappa shape index (κ1) is 17.4. The number of rotatable bonds is 9. The highest BCUT2D eigenvalue weighted by molar-refractivity contribution is 5.66. The van der Waals surface area contributed by atoms with Crippen molar-refractivity contribution in [2.24, 2.45) is 0 Å². The number of hydrogen-bond donors (Lipinski definition) is 1. The normalized spacial score (nSPS) is 8.88. The van der Waals surface area contributed by atoms with Crippen LogP contribution in [0.5, 0.6) is 0 Å². The standard InChI is InChI=1S/2C6H12O2/c1-3-5-6-8-7-4-2;1-2-3-4-5-6(7)8/h4H,2-3,5-6H2,1H3;2-5H2,1H3,(H,7,8). The van der Waals surface area contributed by atoms with Crippen molar-refractivity contribution in [1.29, 1.82) is 0 Å². The summed E-state index contributed by atoms with van der Waals surface area (Å²) < 4.78 is 0. The zero-order valence-electron chi connectivity index (χ0n) is 10.4. The Hall–Kier alpha value is -1.03. The molecule has 1 N–H and O–H groups in total. The van der Waals surface area contributed by atoms with E-state index in [-0.39, 0.29) is 0 Å². The van der Waals surface area contributed by atoms with Gasteiger partial charge in [-0.15, -0.1) is 0 Å². The van der Waals surface area contributed by atoms with Crippen LogP contribution in [0.3, 0.4) is 0 Å². The van der Waals surface area contributed by atoms with Crippen molar-refractivity contribution >= 4 is 5.97 Å². The predicted molar refractivity (Wildman–Crippen MR) is 63.9 cm³/mol. The summed E-state index contributed by atoms with van der Waals surface area (Å²) in [4.78, 5) is 18.9. The van der Waals surface area contributed by atoms with Crippen molar-refractivity contribution in [2.45, 2.75) is 52.4 Å². The van der Waals surface area contributed by atoms with Crippen LogP contribution in [0.25, 0.3) is 0 Å². The molecule has 0 aliphatic heterocycles. The fraction of sp³-hybridized carbons (Fsp3) is 0.750. The first-order valence-corrected chi connectivity index (χ1v) is 5.79. The van der Waals surface area contributed by atoms with Gasteiger partial charge in [-0.25, -0.2) is 0 Å². The van der Waals surface area contributed by atoms with Gasteiger partial charge in [-0.1, -0.05) is 39.7 Å². The zero-order chi connectivity index (χ0) is 12.6. The highest BCUT2D eigenvalue weighted by atomic mass is 17.2. The van der Waals surface area contributed by atoms with Gasteiger partial charge >= 0.3 is 5.97 Å². The third kappa shape index (κ3) is 23.1. The molecule has 4 nitrogen and oxygen atoms in total. The maximum absolute atomic E-state index is 9.87. The monoisotopic (exact) mass is 232 g/mol. The third-order valence-corrected chi connectivity index (χ3v) is 1.71. The molecular weight excluding hydrogens is 208 g/mol. The predicted octanol–water partition coefficient (Wildman–Crippen LogP) is 3.53. The molecular formula is C12H24O4. The van der Waals surface area contributed by atoms with Crippen LogP contribution >= 0.6 is 0 Å². The van der Waals surface area contributed by atoms with Gasteiger partial charge in [0, 0.05) is 6.42 Å². The quantitative estimate of drug-likeness (QED) is 0.286.